The summed E-state index contributed by atoms with van der Waals surface area (Å²) in [4.78, 5) is 0. The summed E-state index contributed by atoms with van der Waals surface area (Å²) in [7, 11) is 0. The Kier molecular flexibility index (Phi) is 3.84. The molecule has 0 bridgehead atoms. The largest absolute Gasteiger partial charge is 0.393 e. The molecular weight excluding hydrogens is 143 g/mol. The molecule has 1 aliphatic carbocycles. The highest BCUT2D eigenvalue weighted by molar-refractivity contribution is 4.72. The second-order valence-corrected chi connectivity index (χ2v) is 3.44. The molecule has 1 fully saturated rings. The van der Waals surface area contributed by atoms with Crippen LogP contribution in [0.15, 0.2) is 0 Å². The van der Waals surface area contributed by atoms with Gasteiger partial charge in [-0.15, -0.1) is 0 Å². The molecule has 11 heavy (non-hydrogen) atoms. The smallest absolute Gasteiger partial charge is 0.0898 e. The lowest BCUT2D eigenvalue weighted by Crippen LogP contribution is -2.19. The summed E-state index contributed by atoms with van der Waals surface area (Å²) in [5.41, 5.74) is 0. The normalized spacial score (nSPS) is 33.3. The van der Waals surface area contributed by atoms with E-state index in [4.69, 9.17) is 0 Å². The zero-order valence-electron chi connectivity index (χ0n) is 6.93. The molecule has 1 N–H and O–H groups in total. The lowest BCUT2D eigenvalue weighted by molar-refractivity contribution is 0.0915. The number of alkyl halides is 1. The summed E-state index contributed by atoms with van der Waals surface area (Å²) in [6.07, 6.45) is 5.72. The predicted octanol–water partition coefficient (Wildman–Crippen LogP) is 2.29. The average molecular weight is 160 g/mol. The fourth-order valence-electron chi connectivity index (χ4n) is 1.84. The molecule has 0 amide bonds. The number of rotatable bonds is 2. The fraction of sp³-hybridized carbons (Fsp3) is 1.00. The summed E-state index contributed by atoms with van der Waals surface area (Å²) >= 11 is 0. The van der Waals surface area contributed by atoms with E-state index in [0.717, 1.165) is 19.3 Å². The highest BCUT2D eigenvalue weighted by Gasteiger charge is 2.20. The number of aliphatic hydroxyl groups excluding tert-OH is 1. The Morgan fingerprint density at radius 2 is 1.91 bits per heavy atom. The van der Waals surface area contributed by atoms with Gasteiger partial charge in [0.1, 0.15) is 0 Å². The third-order valence-corrected chi connectivity index (χ3v) is 2.60. The highest BCUT2D eigenvalue weighted by Crippen LogP contribution is 2.25. The Morgan fingerprint density at radius 3 is 2.64 bits per heavy atom. The second-order valence-electron chi connectivity index (χ2n) is 3.44. The molecule has 2 atom stereocenters. The molecule has 2 unspecified atom stereocenters. The van der Waals surface area contributed by atoms with E-state index in [1.807, 2.05) is 0 Å². The molecule has 1 rings (SSSR count). The Morgan fingerprint density at radius 1 is 1.18 bits per heavy atom. The lowest BCUT2D eigenvalue weighted by Gasteiger charge is -2.18. The maximum Gasteiger partial charge on any atom is 0.0898 e. The van der Waals surface area contributed by atoms with Gasteiger partial charge >= 0.3 is 0 Å². The number of halogens is 1. The first-order chi connectivity index (χ1) is 5.34. The van der Waals surface area contributed by atoms with Crippen molar-refractivity contribution in [3.63, 3.8) is 0 Å². The third-order valence-electron chi connectivity index (χ3n) is 2.60. The van der Waals surface area contributed by atoms with Gasteiger partial charge in [0.2, 0.25) is 0 Å². The van der Waals surface area contributed by atoms with Crippen LogP contribution in [0, 0.1) is 5.92 Å². The van der Waals surface area contributed by atoms with Crippen LogP contribution in [0.2, 0.25) is 0 Å². The number of aliphatic hydroxyl groups is 1. The van der Waals surface area contributed by atoms with Crippen LogP contribution in [0.4, 0.5) is 4.39 Å². The van der Waals surface area contributed by atoms with Crippen molar-refractivity contribution in [2.75, 3.05) is 6.67 Å². The van der Waals surface area contributed by atoms with Crippen LogP contribution < -0.4 is 0 Å². The van der Waals surface area contributed by atoms with E-state index in [0.29, 0.717) is 6.42 Å². The van der Waals surface area contributed by atoms with E-state index in [9.17, 15) is 9.50 Å². The second kappa shape index (κ2) is 4.70. The number of hydrogen-bond donors (Lipinski definition) is 1. The van der Waals surface area contributed by atoms with Crippen molar-refractivity contribution in [1.29, 1.82) is 0 Å². The van der Waals surface area contributed by atoms with Crippen LogP contribution in [0.3, 0.4) is 0 Å². The van der Waals surface area contributed by atoms with Gasteiger partial charge in [-0.2, -0.15) is 0 Å². The van der Waals surface area contributed by atoms with E-state index in [1.165, 1.54) is 12.8 Å². The minimum atomic E-state index is -0.276. The molecule has 1 aliphatic rings. The molecule has 0 aliphatic heterocycles. The minimum Gasteiger partial charge on any atom is -0.393 e. The first-order valence-corrected chi connectivity index (χ1v) is 4.58. The zero-order chi connectivity index (χ0) is 8.10. The molecule has 66 valence electrons. The molecule has 0 radical (unpaired) electrons. The molecule has 0 spiro atoms. The molecule has 0 heterocycles. The van der Waals surface area contributed by atoms with Gasteiger partial charge in [0.05, 0.1) is 12.8 Å². The van der Waals surface area contributed by atoms with Crippen LogP contribution >= 0.6 is 0 Å². The van der Waals surface area contributed by atoms with Gasteiger partial charge in [-0.3, -0.25) is 4.39 Å². The molecular formula is C9H17FO. The van der Waals surface area contributed by atoms with Crippen molar-refractivity contribution in [3.8, 4) is 0 Å². The van der Waals surface area contributed by atoms with Crippen LogP contribution in [0.25, 0.3) is 0 Å². The van der Waals surface area contributed by atoms with Crippen molar-refractivity contribution in [2.24, 2.45) is 5.92 Å². The van der Waals surface area contributed by atoms with Crippen molar-refractivity contribution >= 4 is 0 Å². The highest BCUT2D eigenvalue weighted by atomic mass is 19.1. The van der Waals surface area contributed by atoms with Crippen molar-refractivity contribution in [1.82, 2.24) is 0 Å². The molecule has 1 saturated carbocycles. The average Bonchev–Trinajstić information content (AvgIpc) is 2.18. The maximum absolute atomic E-state index is 12.0. The summed E-state index contributed by atoms with van der Waals surface area (Å²) in [5, 5.41) is 9.51. The van der Waals surface area contributed by atoms with E-state index < -0.39 is 0 Å². The van der Waals surface area contributed by atoms with E-state index in [2.05, 4.69) is 0 Å². The topological polar surface area (TPSA) is 20.2 Å². The summed E-state index contributed by atoms with van der Waals surface area (Å²) < 4.78 is 12.0. The Hall–Kier alpha value is -0.110. The van der Waals surface area contributed by atoms with E-state index in [1.54, 1.807) is 0 Å². The van der Waals surface area contributed by atoms with Gasteiger partial charge in [-0.1, -0.05) is 19.3 Å². The quantitative estimate of drug-likeness (QED) is 0.614. The molecule has 0 saturated heterocycles. The Labute approximate surface area is 67.6 Å². The van der Waals surface area contributed by atoms with Gasteiger partial charge in [0.15, 0.2) is 0 Å². The first-order valence-electron chi connectivity index (χ1n) is 4.58. The maximum atomic E-state index is 12.0. The van der Waals surface area contributed by atoms with Crippen molar-refractivity contribution in [2.45, 2.75) is 44.6 Å². The van der Waals surface area contributed by atoms with E-state index >= 15 is 0 Å². The summed E-state index contributed by atoms with van der Waals surface area (Å²) in [5.74, 6) is 0.238. The van der Waals surface area contributed by atoms with Gasteiger partial charge < -0.3 is 5.11 Å². The third kappa shape index (κ3) is 2.78. The van der Waals surface area contributed by atoms with Crippen LogP contribution in [-0.4, -0.2) is 17.9 Å². The standard InChI is InChI=1S/C9H17FO/c10-7-6-8-4-2-1-3-5-9(8)11/h8-9,11H,1-7H2. The first kappa shape index (κ1) is 8.98. The molecule has 1 nitrogen and oxygen atoms in total. The van der Waals surface area contributed by atoms with Crippen molar-refractivity contribution < 1.29 is 9.50 Å². The van der Waals surface area contributed by atoms with Gasteiger partial charge in [0, 0.05) is 0 Å². The predicted molar refractivity (Wildman–Crippen MR) is 43.2 cm³/mol. The van der Waals surface area contributed by atoms with Crippen LogP contribution in [0.1, 0.15) is 38.5 Å². The van der Waals surface area contributed by atoms with Crippen molar-refractivity contribution in [3.05, 3.63) is 0 Å². The summed E-state index contributed by atoms with van der Waals surface area (Å²) in [6.45, 7) is -0.276. The lowest BCUT2D eigenvalue weighted by atomic mass is 9.94. The fourth-order valence-corrected chi connectivity index (χ4v) is 1.84. The number of hydrogen-bond acceptors (Lipinski definition) is 1. The Balaban J connectivity index is 2.32. The van der Waals surface area contributed by atoms with Gasteiger partial charge in [-0.05, 0) is 25.2 Å². The molecule has 0 aromatic rings. The molecule has 2 heteroatoms. The van der Waals surface area contributed by atoms with Crippen LogP contribution in [0.5, 0.6) is 0 Å². The zero-order valence-corrected chi connectivity index (χ0v) is 6.93. The molecule has 0 aromatic carbocycles. The summed E-state index contributed by atoms with van der Waals surface area (Å²) in [6, 6.07) is 0. The van der Waals surface area contributed by atoms with E-state index in [-0.39, 0.29) is 18.7 Å². The van der Waals surface area contributed by atoms with Gasteiger partial charge in [-0.25, -0.2) is 0 Å². The minimum absolute atomic E-state index is 0.228. The Bertz CT molecular complexity index is 106. The van der Waals surface area contributed by atoms with Crippen LogP contribution in [-0.2, 0) is 0 Å². The van der Waals surface area contributed by atoms with Gasteiger partial charge in [0.25, 0.3) is 0 Å². The molecule has 0 aromatic heterocycles. The SMILES string of the molecule is OC1CCCCCC1CCF. The monoisotopic (exact) mass is 160 g/mol.